The Morgan fingerprint density at radius 2 is 2.50 bits per heavy atom. The summed E-state index contributed by atoms with van der Waals surface area (Å²) < 4.78 is 0. The summed E-state index contributed by atoms with van der Waals surface area (Å²) in [4.78, 5) is 10.2. The Morgan fingerprint density at radius 3 is 2.90 bits per heavy atom. The maximum absolute atomic E-state index is 10.2. The Kier molecular flexibility index (Phi) is 4.81. The van der Waals surface area contributed by atoms with Gasteiger partial charge in [-0.1, -0.05) is 17.7 Å². The predicted octanol–water partition coefficient (Wildman–Crippen LogP) is 0.112. The maximum atomic E-state index is 10.2. The highest BCUT2D eigenvalue weighted by molar-refractivity contribution is 8.05. The lowest BCUT2D eigenvalue weighted by molar-refractivity contribution is -0.136. The molecule has 0 rings (SSSR count). The molecule has 0 spiro atoms. The summed E-state index contributed by atoms with van der Waals surface area (Å²) in [6, 6.07) is 0. The van der Waals surface area contributed by atoms with Crippen LogP contribution in [-0.2, 0) is 4.79 Å². The van der Waals surface area contributed by atoms with Gasteiger partial charge in [-0.05, 0) is 12.2 Å². The number of aliphatic carboxylic acids is 1. The zero-order valence-electron chi connectivity index (χ0n) is 5.63. The Morgan fingerprint density at radius 1 is 1.90 bits per heavy atom. The molecule has 0 aromatic carbocycles. The summed E-state index contributed by atoms with van der Waals surface area (Å²) in [7, 11) is 0. The van der Waals surface area contributed by atoms with Crippen molar-refractivity contribution in [3.8, 4) is 11.2 Å². The second-order valence-corrected chi connectivity index (χ2v) is 2.73. The molecule has 0 radical (unpaired) electrons. The highest BCUT2D eigenvalue weighted by Crippen LogP contribution is 2.06. The highest BCUT2D eigenvalue weighted by atomic mass is 32.2. The molecular formula is C6H9NO2S. The van der Waals surface area contributed by atoms with Gasteiger partial charge in [-0.25, -0.2) is 0 Å². The lowest BCUT2D eigenvalue weighted by Gasteiger charge is -1.96. The number of hydrogen-bond donors (Lipinski definition) is 2. The molecule has 3 N–H and O–H groups in total. The van der Waals surface area contributed by atoms with Crippen molar-refractivity contribution in [2.75, 3.05) is 6.54 Å². The van der Waals surface area contributed by atoms with E-state index in [0.717, 1.165) is 11.8 Å². The fourth-order valence-corrected chi connectivity index (χ4v) is 0.666. The monoisotopic (exact) mass is 159 g/mol. The van der Waals surface area contributed by atoms with Crippen LogP contribution in [0.5, 0.6) is 0 Å². The van der Waals surface area contributed by atoms with Crippen molar-refractivity contribution in [1.82, 2.24) is 0 Å². The third kappa shape index (κ3) is 4.24. The molecule has 10 heavy (non-hydrogen) atoms. The molecule has 0 amide bonds. The van der Waals surface area contributed by atoms with Gasteiger partial charge in [-0.3, -0.25) is 4.79 Å². The SMILES string of the molecule is CC(SC#CCN)C(=O)O. The number of rotatable bonds is 2. The topological polar surface area (TPSA) is 63.3 Å². The molecule has 0 aliphatic heterocycles. The van der Waals surface area contributed by atoms with E-state index in [-0.39, 0.29) is 6.54 Å². The van der Waals surface area contributed by atoms with Crippen LogP contribution in [0.1, 0.15) is 6.92 Å². The van der Waals surface area contributed by atoms with E-state index < -0.39 is 11.2 Å². The molecule has 0 aromatic heterocycles. The first-order valence-electron chi connectivity index (χ1n) is 2.75. The average Bonchev–Trinajstić information content (AvgIpc) is 1.88. The molecule has 0 saturated carbocycles. The minimum absolute atomic E-state index is 0.277. The van der Waals surface area contributed by atoms with E-state index in [1.165, 1.54) is 0 Å². The van der Waals surface area contributed by atoms with Gasteiger partial charge in [-0.15, -0.1) is 0 Å². The molecule has 0 aliphatic rings. The molecule has 0 aliphatic carbocycles. The van der Waals surface area contributed by atoms with Gasteiger partial charge in [0.15, 0.2) is 0 Å². The highest BCUT2D eigenvalue weighted by Gasteiger charge is 2.08. The van der Waals surface area contributed by atoms with Crippen molar-refractivity contribution in [1.29, 1.82) is 0 Å². The van der Waals surface area contributed by atoms with Gasteiger partial charge >= 0.3 is 5.97 Å². The molecule has 4 heteroatoms. The van der Waals surface area contributed by atoms with E-state index in [4.69, 9.17) is 10.8 Å². The van der Waals surface area contributed by atoms with E-state index in [2.05, 4.69) is 11.2 Å². The fraction of sp³-hybridized carbons (Fsp3) is 0.500. The molecule has 3 nitrogen and oxygen atoms in total. The van der Waals surface area contributed by atoms with E-state index in [9.17, 15) is 4.79 Å². The molecule has 0 bridgehead atoms. The first kappa shape index (κ1) is 9.34. The van der Waals surface area contributed by atoms with Crippen molar-refractivity contribution in [2.24, 2.45) is 5.73 Å². The van der Waals surface area contributed by atoms with Gasteiger partial charge < -0.3 is 10.8 Å². The van der Waals surface area contributed by atoms with Gasteiger partial charge in [0, 0.05) is 0 Å². The molecule has 1 atom stereocenters. The smallest absolute Gasteiger partial charge is 0.317 e. The molecule has 0 heterocycles. The number of carboxylic acids is 1. The average molecular weight is 159 g/mol. The third-order valence-electron chi connectivity index (χ3n) is 0.758. The van der Waals surface area contributed by atoms with Gasteiger partial charge in [0.2, 0.25) is 0 Å². The molecule has 0 fully saturated rings. The number of hydrogen-bond acceptors (Lipinski definition) is 3. The number of carbonyl (C=O) groups is 1. The summed E-state index contributed by atoms with van der Waals surface area (Å²) in [6.45, 7) is 1.86. The van der Waals surface area contributed by atoms with Crippen LogP contribution < -0.4 is 5.73 Å². The van der Waals surface area contributed by atoms with E-state index in [0.29, 0.717) is 0 Å². The largest absolute Gasteiger partial charge is 0.480 e. The van der Waals surface area contributed by atoms with Crippen molar-refractivity contribution in [3.63, 3.8) is 0 Å². The van der Waals surface area contributed by atoms with Crippen LogP contribution in [0.2, 0.25) is 0 Å². The Labute approximate surface area is 64.0 Å². The number of nitrogens with two attached hydrogens (primary N) is 1. The second kappa shape index (κ2) is 5.15. The minimum atomic E-state index is -0.851. The van der Waals surface area contributed by atoms with Crippen molar-refractivity contribution in [3.05, 3.63) is 0 Å². The van der Waals surface area contributed by atoms with Crippen LogP contribution >= 0.6 is 11.8 Å². The van der Waals surface area contributed by atoms with Crippen LogP contribution in [0.4, 0.5) is 0 Å². The summed E-state index contributed by atoms with van der Waals surface area (Å²) >= 11 is 1.07. The summed E-state index contributed by atoms with van der Waals surface area (Å²) in [5.74, 6) is 1.71. The number of carboxylic acid groups (broad SMARTS) is 1. The van der Waals surface area contributed by atoms with Crippen LogP contribution in [0, 0.1) is 11.2 Å². The van der Waals surface area contributed by atoms with Crippen LogP contribution in [0.25, 0.3) is 0 Å². The summed E-state index contributed by atoms with van der Waals surface area (Å²) in [6.07, 6.45) is 0. The third-order valence-corrected chi connectivity index (χ3v) is 1.58. The predicted molar refractivity (Wildman–Crippen MR) is 41.5 cm³/mol. The molecule has 0 aromatic rings. The van der Waals surface area contributed by atoms with Crippen molar-refractivity contribution in [2.45, 2.75) is 12.2 Å². The zero-order valence-corrected chi connectivity index (χ0v) is 6.44. The first-order chi connectivity index (χ1) is 4.68. The standard InChI is InChI=1S/C6H9NO2S/c1-5(6(8)9)10-4-2-3-7/h5H,3,7H2,1H3,(H,8,9). The fourth-order valence-electron chi connectivity index (χ4n) is 0.222. The van der Waals surface area contributed by atoms with E-state index in [1.54, 1.807) is 6.92 Å². The maximum Gasteiger partial charge on any atom is 0.317 e. The zero-order chi connectivity index (χ0) is 7.98. The van der Waals surface area contributed by atoms with Gasteiger partial charge in [0.25, 0.3) is 0 Å². The lowest BCUT2D eigenvalue weighted by Crippen LogP contribution is -2.10. The van der Waals surface area contributed by atoms with Crippen molar-refractivity contribution < 1.29 is 9.90 Å². The van der Waals surface area contributed by atoms with E-state index in [1.807, 2.05) is 0 Å². The second-order valence-electron chi connectivity index (χ2n) is 1.58. The molecular weight excluding hydrogens is 150 g/mol. The summed E-state index contributed by atoms with van der Waals surface area (Å²) in [5, 5.41) is 10.5. The van der Waals surface area contributed by atoms with Gasteiger partial charge in [0.05, 0.1) is 6.54 Å². The minimum Gasteiger partial charge on any atom is -0.480 e. The van der Waals surface area contributed by atoms with Gasteiger partial charge in [-0.2, -0.15) is 0 Å². The summed E-state index contributed by atoms with van der Waals surface area (Å²) in [5.41, 5.74) is 5.06. The quantitative estimate of drug-likeness (QED) is 0.561. The Hall–Kier alpha value is -0.660. The van der Waals surface area contributed by atoms with Crippen LogP contribution in [0.15, 0.2) is 0 Å². The molecule has 0 saturated heterocycles. The lowest BCUT2D eigenvalue weighted by atomic mass is 10.5. The van der Waals surface area contributed by atoms with Crippen LogP contribution in [0.3, 0.4) is 0 Å². The van der Waals surface area contributed by atoms with Crippen LogP contribution in [-0.4, -0.2) is 22.9 Å². The van der Waals surface area contributed by atoms with Crippen molar-refractivity contribution >= 4 is 17.7 Å². The van der Waals surface area contributed by atoms with Gasteiger partial charge in [0.1, 0.15) is 5.25 Å². The normalized spacial score (nSPS) is 11.4. The molecule has 1 unspecified atom stereocenters. The number of thioether (sulfide) groups is 1. The first-order valence-corrected chi connectivity index (χ1v) is 3.63. The Bertz CT molecular complexity index is 170. The Balaban J connectivity index is 3.58. The molecule has 56 valence electrons. The van der Waals surface area contributed by atoms with E-state index >= 15 is 0 Å².